The monoisotopic (exact) mass is 534 g/mol. The van der Waals surface area contributed by atoms with Crippen LogP contribution in [0.2, 0.25) is 0 Å². The first-order valence-electron chi connectivity index (χ1n) is 11.0. The van der Waals surface area contributed by atoms with E-state index in [0.717, 1.165) is 4.31 Å². The van der Waals surface area contributed by atoms with Crippen molar-refractivity contribution in [1.29, 1.82) is 5.26 Å². The molecular formula is C27H22N2O6S2. The molecule has 0 N–H and O–H groups in total. The molecule has 0 bridgehead atoms. The van der Waals surface area contributed by atoms with Gasteiger partial charge in [-0.05, 0) is 48.5 Å². The van der Waals surface area contributed by atoms with Crippen molar-refractivity contribution < 1.29 is 25.8 Å². The lowest BCUT2D eigenvalue weighted by Gasteiger charge is -2.22. The summed E-state index contributed by atoms with van der Waals surface area (Å²) in [5.74, 6) is -0.394. The predicted molar refractivity (Wildman–Crippen MR) is 137 cm³/mol. The Balaban J connectivity index is 1.75. The van der Waals surface area contributed by atoms with Crippen LogP contribution in [0.4, 0.5) is 0 Å². The maximum absolute atomic E-state index is 13.1. The van der Waals surface area contributed by atoms with Gasteiger partial charge < -0.3 is 8.92 Å². The molecule has 1 aliphatic rings. The smallest absolute Gasteiger partial charge is 0.339 e. The first-order valence-corrected chi connectivity index (χ1v) is 13.8. The van der Waals surface area contributed by atoms with E-state index in [1.807, 2.05) is 6.07 Å². The second-order valence-electron chi connectivity index (χ2n) is 7.79. The minimum atomic E-state index is -4.28. The first kappa shape index (κ1) is 25.8. The fraction of sp³-hybridized carbons (Fsp3) is 0.0741. The van der Waals surface area contributed by atoms with Gasteiger partial charge in [-0.3, -0.25) is 0 Å². The summed E-state index contributed by atoms with van der Waals surface area (Å²) in [4.78, 5) is 0.0307. The van der Waals surface area contributed by atoms with Crippen LogP contribution < -0.4 is 4.74 Å². The molecule has 0 unspecified atom stereocenters. The van der Waals surface area contributed by atoms with Crippen LogP contribution >= 0.6 is 0 Å². The molecule has 0 aliphatic carbocycles. The zero-order valence-corrected chi connectivity index (χ0v) is 21.3. The third kappa shape index (κ3) is 5.58. The molecule has 0 radical (unpaired) electrons. The topological polar surface area (TPSA) is 114 Å². The van der Waals surface area contributed by atoms with Crippen molar-refractivity contribution in [1.82, 2.24) is 4.31 Å². The third-order valence-electron chi connectivity index (χ3n) is 5.47. The van der Waals surface area contributed by atoms with E-state index in [1.54, 1.807) is 60.7 Å². The lowest BCUT2D eigenvalue weighted by atomic mass is 9.95. The SMILES string of the molecule is COc1ccc(/C(OS(=O)(=O)c2ccccc2)=C(\C#N)C2C=CN(S(=O)(=O)c3ccccc3)C=C2)cc1. The van der Waals surface area contributed by atoms with Crippen molar-refractivity contribution in [3.8, 4) is 11.8 Å². The zero-order chi connectivity index (χ0) is 26.5. The molecule has 0 atom stereocenters. The summed E-state index contributed by atoms with van der Waals surface area (Å²) in [6.07, 6.45) is 5.62. The number of benzene rings is 3. The summed E-state index contributed by atoms with van der Waals surface area (Å²) in [6, 6.07) is 23.9. The van der Waals surface area contributed by atoms with Crippen LogP contribution in [0.5, 0.6) is 5.75 Å². The van der Waals surface area contributed by atoms with Gasteiger partial charge in [0, 0.05) is 23.9 Å². The van der Waals surface area contributed by atoms with Crippen LogP contribution in [0.3, 0.4) is 0 Å². The van der Waals surface area contributed by atoms with Crippen LogP contribution in [0, 0.1) is 17.2 Å². The molecule has 3 aromatic carbocycles. The summed E-state index contributed by atoms with van der Waals surface area (Å²) in [7, 11) is -6.63. The summed E-state index contributed by atoms with van der Waals surface area (Å²) < 4.78 is 63.7. The highest BCUT2D eigenvalue weighted by atomic mass is 32.2. The fourth-order valence-corrected chi connectivity index (χ4v) is 5.75. The highest BCUT2D eigenvalue weighted by Gasteiger charge is 2.27. The van der Waals surface area contributed by atoms with Crippen LogP contribution in [0.1, 0.15) is 5.56 Å². The molecule has 188 valence electrons. The van der Waals surface area contributed by atoms with E-state index in [9.17, 15) is 22.1 Å². The van der Waals surface area contributed by atoms with Gasteiger partial charge in [-0.25, -0.2) is 12.7 Å². The Labute approximate surface area is 216 Å². The number of rotatable bonds is 8. The zero-order valence-electron chi connectivity index (χ0n) is 19.6. The largest absolute Gasteiger partial charge is 0.497 e. The molecule has 1 aliphatic heterocycles. The van der Waals surface area contributed by atoms with Gasteiger partial charge in [-0.1, -0.05) is 48.6 Å². The van der Waals surface area contributed by atoms with Crippen LogP contribution in [0.15, 0.2) is 125 Å². The lowest BCUT2D eigenvalue weighted by Crippen LogP contribution is -2.23. The summed E-state index contributed by atoms with van der Waals surface area (Å²) in [5, 5.41) is 10.1. The second kappa shape index (κ2) is 10.7. The van der Waals surface area contributed by atoms with E-state index in [4.69, 9.17) is 8.92 Å². The maximum Gasteiger partial charge on any atom is 0.339 e. The van der Waals surface area contributed by atoms with Gasteiger partial charge in [0.25, 0.3) is 10.0 Å². The van der Waals surface area contributed by atoms with Crippen LogP contribution in [-0.2, 0) is 24.3 Å². The molecule has 0 fully saturated rings. The molecular weight excluding hydrogens is 512 g/mol. The second-order valence-corrected chi connectivity index (χ2v) is 11.2. The van der Waals surface area contributed by atoms with E-state index in [0.29, 0.717) is 11.3 Å². The Morgan fingerprint density at radius 3 is 1.86 bits per heavy atom. The van der Waals surface area contributed by atoms with Gasteiger partial charge in [0.15, 0.2) is 5.76 Å². The van der Waals surface area contributed by atoms with Crippen molar-refractivity contribution in [2.24, 2.45) is 5.92 Å². The molecule has 3 aromatic rings. The molecule has 10 heteroatoms. The van der Waals surface area contributed by atoms with E-state index in [-0.39, 0.29) is 21.1 Å². The van der Waals surface area contributed by atoms with Crippen molar-refractivity contribution in [3.63, 3.8) is 0 Å². The number of allylic oxidation sites excluding steroid dienone is 3. The molecule has 0 saturated heterocycles. The van der Waals surface area contributed by atoms with E-state index < -0.39 is 26.1 Å². The fourth-order valence-electron chi connectivity index (χ4n) is 3.55. The van der Waals surface area contributed by atoms with Gasteiger partial charge in [-0.2, -0.15) is 13.7 Å². The molecule has 8 nitrogen and oxygen atoms in total. The Kier molecular flexibility index (Phi) is 7.47. The minimum absolute atomic E-state index is 0.0195. The van der Waals surface area contributed by atoms with Crippen molar-refractivity contribution >= 4 is 25.9 Å². The third-order valence-corrected chi connectivity index (χ3v) is 8.38. The van der Waals surface area contributed by atoms with Gasteiger partial charge >= 0.3 is 10.1 Å². The van der Waals surface area contributed by atoms with E-state index >= 15 is 0 Å². The van der Waals surface area contributed by atoms with Crippen molar-refractivity contribution in [2.45, 2.75) is 9.79 Å². The van der Waals surface area contributed by atoms with Crippen molar-refractivity contribution in [3.05, 3.63) is 121 Å². The molecule has 0 amide bonds. The van der Waals surface area contributed by atoms with Crippen molar-refractivity contribution in [2.75, 3.05) is 7.11 Å². The van der Waals surface area contributed by atoms with Gasteiger partial charge in [-0.15, -0.1) is 0 Å². The average Bonchev–Trinajstić information content (AvgIpc) is 2.94. The maximum atomic E-state index is 13.1. The quantitative estimate of drug-likeness (QED) is 0.234. The Morgan fingerprint density at radius 2 is 1.35 bits per heavy atom. The summed E-state index contributed by atoms with van der Waals surface area (Å²) in [5.41, 5.74) is 0.312. The molecule has 4 rings (SSSR count). The standard InChI is InChI=1S/C27H22N2O6S2/c1-34-23-14-12-22(13-15-23)27(35-37(32,33)25-10-6-3-7-11-25)26(20-28)21-16-18-29(19-17-21)36(30,31)24-8-4-2-5-9-24/h2-19,21H,1H3/b27-26-. The predicted octanol–water partition coefficient (Wildman–Crippen LogP) is 4.68. The van der Waals surface area contributed by atoms with Gasteiger partial charge in [0.2, 0.25) is 0 Å². The molecule has 37 heavy (non-hydrogen) atoms. The first-order chi connectivity index (χ1) is 17.8. The molecule has 1 heterocycles. The number of nitrogens with zero attached hydrogens (tertiary/aromatic N) is 2. The summed E-state index contributed by atoms with van der Waals surface area (Å²) in [6.45, 7) is 0. The number of nitriles is 1. The lowest BCUT2D eigenvalue weighted by molar-refractivity contribution is 0.414. The Morgan fingerprint density at radius 1 is 0.811 bits per heavy atom. The Hall–Kier alpha value is -4.33. The highest BCUT2D eigenvalue weighted by Crippen LogP contribution is 2.33. The number of ether oxygens (including phenoxy) is 1. The van der Waals surface area contributed by atoms with Gasteiger partial charge in [0.05, 0.1) is 23.6 Å². The molecule has 0 saturated carbocycles. The number of methoxy groups -OCH3 is 1. The van der Waals surface area contributed by atoms with E-state index in [1.165, 1.54) is 55.9 Å². The van der Waals surface area contributed by atoms with E-state index in [2.05, 4.69) is 0 Å². The highest BCUT2D eigenvalue weighted by molar-refractivity contribution is 7.89. The molecule has 0 aromatic heterocycles. The summed E-state index contributed by atoms with van der Waals surface area (Å²) >= 11 is 0. The number of sulfonamides is 1. The number of hydrogen-bond acceptors (Lipinski definition) is 7. The average molecular weight is 535 g/mol. The normalized spacial score (nSPS) is 14.5. The van der Waals surface area contributed by atoms with Gasteiger partial charge in [0.1, 0.15) is 10.6 Å². The minimum Gasteiger partial charge on any atom is -0.497 e. The van der Waals surface area contributed by atoms with Crippen LogP contribution in [0.25, 0.3) is 5.76 Å². The Bertz CT molecular complexity index is 1590. The van der Waals surface area contributed by atoms with Crippen LogP contribution in [-0.4, -0.2) is 28.3 Å². The molecule has 0 spiro atoms. The number of hydrogen-bond donors (Lipinski definition) is 0.